The van der Waals surface area contributed by atoms with E-state index in [1.54, 1.807) is 18.4 Å². The Labute approximate surface area is 134 Å². The fraction of sp³-hybridized carbons (Fsp3) is 0.588. The van der Waals surface area contributed by atoms with Crippen molar-refractivity contribution in [3.05, 3.63) is 29.8 Å². The Morgan fingerprint density at radius 2 is 1.73 bits per heavy atom. The molecular formula is C17H26NO3S. The summed E-state index contributed by atoms with van der Waals surface area (Å²) in [5.41, 5.74) is 0.809. The second kappa shape index (κ2) is 9.74. The molecule has 0 saturated carbocycles. The van der Waals surface area contributed by atoms with Gasteiger partial charge in [0.05, 0.1) is 10.9 Å². The van der Waals surface area contributed by atoms with Crippen LogP contribution in [0.5, 0.6) is 0 Å². The van der Waals surface area contributed by atoms with Gasteiger partial charge in [-0.1, -0.05) is 57.2 Å². The summed E-state index contributed by atoms with van der Waals surface area (Å²) in [6, 6.07) is 6.14. The number of rotatable bonds is 11. The van der Waals surface area contributed by atoms with Crippen molar-refractivity contribution >= 4 is 16.3 Å². The number of aryl methyl sites for hydroxylation is 1. The molecule has 5 heteroatoms. The standard InChI is InChI=1S/C17H26NO3S/c1-3-4-5-6-7-8-11-16-12-9-10-13-17(16)22(20,21)18-15(2)14-19/h9-10,12-13,15,18H,3-8,11H2,1-2H3. The molecule has 0 heterocycles. The topological polar surface area (TPSA) is 63.2 Å². The lowest BCUT2D eigenvalue weighted by Gasteiger charge is -2.12. The molecule has 1 atom stereocenters. The summed E-state index contributed by atoms with van der Waals surface area (Å²) >= 11 is 0. The van der Waals surface area contributed by atoms with Crippen molar-refractivity contribution in [3.63, 3.8) is 0 Å². The molecule has 0 fully saturated rings. The van der Waals surface area contributed by atoms with Gasteiger partial charge in [0, 0.05) is 0 Å². The van der Waals surface area contributed by atoms with Gasteiger partial charge in [-0.05, 0) is 31.4 Å². The van der Waals surface area contributed by atoms with Crippen molar-refractivity contribution in [3.8, 4) is 0 Å². The molecule has 0 amide bonds. The van der Waals surface area contributed by atoms with Gasteiger partial charge in [0.2, 0.25) is 16.3 Å². The van der Waals surface area contributed by atoms with E-state index in [0.29, 0.717) is 0 Å². The van der Waals surface area contributed by atoms with E-state index >= 15 is 0 Å². The molecule has 0 aliphatic rings. The molecular weight excluding hydrogens is 298 g/mol. The molecule has 0 bridgehead atoms. The number of hydrogen-bond donors (Lipinski definition) is 1. The van der Waals surface area contributed by atoms with E-state index in [0.717, 1.165) is 24.8 Å². The highest BCUT2D eigenvalue weighted by atomic mass is 32.2. The fourth-order valence-corrected chi connectivity index (χ4v) is 3.80. The zero-order chi connectivity index (χ0) is 16.4. The van der Waals surface area contributed by atoms with Crippen molar-refractivity contribution < 1.29 is 13.2 Å². The molecule has 1 aromatic rings. The van der Waals surface area contributed by atoms with E-state index in [1.165, 1.54) is 32.6 Å². The summed E-state index contributed by atoms with van der Waals surface area (Å²) < 4.78 is 26.9. The zero-order valence-corrected chi connectivity index (χ0v) is 14.3. The van der Waals surface area contributed by atoms with Crippen molar-refractivity contribution in [2.45, 2.75) is 69.7 Å². The predicted octanol–water partition coefficient (Wildman–Crippen LogP) is 3.37. The molecule has 0 spiro atoms. The smallest absolute Gasteiger partial charge is 0.241 e. The number of benzene rings is 1. The maximum atomic E-state index is 12.3. The van der Waals surface area contributed by atoms with Crippen LogP contribution in [0.4, 0.5) is 0 Å². The first-order chi connectivity index (χ1) is 10.5. The monoisotopic (exact) mass is 324 g/mol. The van der Waals surface area contributed by atoms with Crippen LogP contribution < -0.4 is 4.72 Å². The Morgan fingerprint density at radius 1 is 1.09 bits per heavy atom. The van der Waals surface area contributed by atoms with E-state index < -0.39 is 16.1 Å². The van der Waals surface area contributed by atoms with Crippen LogP contribution in [0.1, 0.15) is 57.9 Å². The van der Waals surface area contributed by atoms with Gasteiger partial charge in [-0.25, -0.2) is 13.1 Å². The summed E-state index contributed by atoms with van der Waals surface area (Å²) in [6.45, 7) is 3.66. The molecule has 0 aliphatic carbocycles. The Morgan fingerprint density at radius 3 is 2.41 bits per heavy atom. The quantitative estimate of drug-likeness (QED) is 0.635. The molecule has 4 nitrogen and oxygen atoms in total. The molecule has 1 rings (SSSR count). The summed E-state index contributed by atoms with van der Waals surface area (Å²) in [4.78, 5) is 10.8. The van der Waals surface area contributed by atoms with Gasteiger partial charge in [-0.15, -0.1) is 0 Å². The van der Waals surface area contributed by atoms with Crippen LogP contribution in [-0.2, 0) is 21.2 Å². The molecule has 0 aliphatic heterocycles. The third-order valence-electron chi connectivity index (χ3n) is 3.57. The van der Waals surface area contributed by atoms with Gasteiger partial charge >= 0.3 is 0 Å². The van der Waals surface area contributed by atoms with Crippen molar-refractivity contribution in [2.75, 3.05) is 0 Å². The lowest BCUT2D eigenvalue weighted by molar-refractivity contribution is 0.533. The minimum absolute atomic E-state index is 0.269. The third kappa shape index (κ3) is 6.28. The SMILES string of the molecule is CCCCCCCCc1ccccc1S(=O)(=O)NC(C)[C]=O. The van der Waals surface area contributed by atoms with E-state index in [4.69, 9.17) is 0 Å². The van der Waals surface area contributed by atoms with E-state index in [2.05, 4.69) is 11.6 Å². The van der Waals surface area contributed by atoms with E-state index in [9.17, 15) is 13.2 Å². The van der Waals surface area contributed by atoms with Crippen molar-refractivity contribution in [1.82, 2.24) is 4.72 Å². The number of hydrogen-bond acceptors (Lipinski definition) is 3. The highest BCUT2D eigenvalue weighted by Crippen LogP contribution is 2.18. The second-order valence-electron chi connectivity index (χ2n) is 5.59. The van der Waals surface area contributed by atoms with Gasteiger partial charge in [-0.3, -0.25) is 4.79 Å². The average molecular weight is 324 g/mol. The molecule has 0 saturated heterocycles. The first-order valence-electron chi connectivity index (χ1n) is 7.99. The maximum Gasteiger partial charge on any atom is 0.241 e. The Kier molecular flexibility index (Phi) is 8.35. The van der Waals surface area contributed by atoms with Crippen LogP contribution in [-0.4, -0.2) is 20.7 Å². The first kappa shape index (κ1) is 18.8. The van der Waals surface area contributed by atoms with Gasteiger partial charge in [0.25, 0.3) is 0 Å². The highest BCUT2D eigenvalue weighted by molar-refractivity contribution is 7.89. The van der Waals surface area contributed by atoms with Crippen LogP contribution in [0.3, 0.4) is 0 Å². The summed E-state index contributed by atoms with van der Waals surface area (Å²) in [6.07, 6.45) is 9.38. The van der Waals surface area contributed by atoms with Crippen LogP contribution in [0.15, 0.2) is 29.2 Å². The Bertz CT molecular complexity index is 555. The lowest BCUT2D eigenvalue weighted by Crippen LogP contribution is -2.34. The number of carbonyl (C=O) groups excluding carboxylic acids is 1. The predicted molar refractivity (Wildman–Crippen MR) is 89.0 cm³/mol. The Hall–Kier alpha value is -1.20. The van der Waals surface area contributed by atoms with Gasteiger partial charge in [-0.2, -0.15) is 0 Å². The zero-order valence-electron chi connectivity index (χ0n) is 13.5. The summed E-state index contributed by atoms with van der Waals surface area (Å²) in [7, 11) is -3.67. The largest absolute Gasteiger partial charge is 0.289 e. The minimum Gasteiger partial charge on any atom is -0.289 e. The molecule has 1 radical (unpaired) electrons. The summed E-state index contributed by atoms with van der Waals surface area (Å²) in [5, 5.41) is 0. The Balaban J connectivity index is 2.67. The normalized spacial score (nSPS) is 13.0. The number of unbranched alkanes of at least 4 members (excludes halogenated alkanes) is 5. The average Bonchev–Trinajstić information content (AvgIpc) is 2.50. The number of nitrogens with one attached hydrogen (secondary N) is 1. The summed E-state index contributed by atoms with van der Waals surface area (Å²) in [5.74, 6) is 0. The van der Waals surface area contributed by atoms with Gasteiger partial charge in [0.1, 0.15) is 0 Å². The van der Waals surface area contributed by atoms with Crippen LogP contribution >= 0.6 is 0 Å². The van der Waals surface area contributed by atoms with Crippen molar-refractivity contribution in [2.24, 2.45) is 0 Å². The molecule has 1 N–H and O–H groups in total. The fourth-order valence-electron chi connectivity index (χ4n) is 2.39. The number of sulfonamides is 1. The molecule has 22 heavy (non-hydrogen) atoms. The van der Waals surface area contributed by atoms with Gasteiger partial charge < -0.3 is 0 Å². The maximum absolute atomic E-state index is 12.3. The molecule has 123 valence electrons. The highest BCUT2D eigenvalue weighted by Gasteiger charge is 2.20. The third-order valence-corrected chi connectivity index (χ3v) is 5.21. The lowest BCUT2D eigenvalue weighted by atomic mass is 10.1. The van der Waals surface area contributed by atoms with Crippen LogP contribution in [0.25, 0.3) is 0 Å². The second-order valence-corrected chi connectivity index (χ2v) is 7.27. The first-order valence-corrected chi connectivity index (χ1v) is 9.47. The van der Waals surface area contributed by atoms with Gasteiger partial charge in [0.15, 0.2) is 0 Å². The molecule has 0 aromatic heterocycles. The van der Waals surface area contributed by atoms with Crippen molar-refractivity contribution in [1.29, 1.82) is 0 Å². The van der Waals surface area contributed by atoms with Crippen LogP contribution in [0.2, 0.25) is 0 Å². The molecule has 1 unspecified atom stereocenters. The van der Waals surface area contributed by atoms with E-state index in [-0.39, 0.29) is 4.90 Å². The minimum atomic E-state index is -3.67. The molecule has 1 aromatic carbocycles. The van der Waals surface area contributed by atoms with E-state index in [1.807, 2.05) is 12.1 Å². The van der Waals surface area contributed by atoms with Crippen LogP contribution in [0, 0.1) is 0 Å².